The average molecular weight is 524 g/mol. The van der Waals surface area contributed by atoms with E-state index in [0.717, 1.165) is 44.9 Å². The summed E-state index contributed by atoms with van der Waals surface area (Å²) in [5, 5.41) is 6.57. The highest BCUT2D eigenvalue weighted by atomic mass is 16.2. The SMILES string of the molecule is Cc1cc(C(=O)N2Cc3ccccc3Nc3ccccc32)c(C)cc1NC(=O)c1ccccc1-c1ccccc1. The molecule has 5 nitrogen and oxygen atoms in total. The van der Waals surface area contributed by atoms with Crippen LogP contribution in [0.5, 0.6) is 0 Å². The molecule has 40 heavy (non-hydrogen) atoms. The maximum atomic E-state index is 14.1. The molecule has 2 N–H and O–H groups in total. The largest absolute Gasteiger partial charge is 0.354 e. The van der Waals surface area contributed by atoms with Crippen LogP contribution in [0.3, 0.4) is 0 Å². The van der Waals surface area contributed by atoms with Crippen molar-refractivity contribution in [2.45, 2.75) is 20.4 Å². The highest BCUT2D eigenvalue weighted by Gasteiger charge is 2.26. The molecule has 6 rings (SSSR count). The molecule has 2 amide bonds. The van der Waals surface area contributed by atoms with Crippen LogP contribution >= 0.6 is 0 Å². The number of benzene rings is 5. The predicted octanol–water partition coefficient (Wildman–Crippen LogP) is 8.13. The molecule has 0 spiro atoms. The molecule has 0 aliphatic carbocycles. The molecule has 0 atom stereocenters. The number of para-hydroxylation sites is 3. The van der Waals surface area contributed by atoms with Gasteiger partial charge in [-0.25, -0.2) is 0 Å². The molecule has 0 aromatic heterocycles. The van der Waals surface area contributed by atoms with Gasteiger partial charge in [0.25, 0.3) is 11.8 Å². The molecule has 5 aromatic carbocycles. The lowest BCUT2D eigenvalue weighted by Crippen LogP contribution is -2.30. The molecule has 196 valence electrons. The Hall–Kier alpha value is -5.16. The van der Waals surface area contributed by atoms with E-state index in [9.17, 15) is 9.59 Å². The second-order valence-corrected chi connectivity index (χ2v) is 10.0. The van der Waals surface area contributed by atoms with Gasteiger partial charge in [-0.1, -0.05) is 78.9 Å². The number of hydrogen-bond acceptors (Lipinski definition) is 3. The van der Waals surface area contributed by atoms with Gasteiger partial charge in [0.15, 0.2) is 0 Å². The number of carbonyl (C=O) groups is 2. The number of carbonyl (C=O) groups excluding carboxylic acids is 2. The van der Waals surface area contributed by atoms with Crippen molar-refractivity contribution in [3.8, 4) is 11.1 Å². The number of amides is 2. The second-order valence-electron chi connectivity index (χ2n) is 10.0. The number of aryl methyl sites for hydroxylation is 2. The van der Waals surface area contributed by atoms with Gasteiger partial charge in [-0.05, 0) is 78.1 Å². The third kappa shape index (κ3) is 4.74. The van der Waals surface area contributed by atoms with E-state index in [1.807, 2.05) is 134 Å². The van der Waals surface area contributed by atoms with Crippen LogP contribution < -0.4 is 15.5 Å². The Morgan fingerprint density at radius 2 is 1.38 bits per heavy atom. The van der Waals surface area contributed by atoms with Gasteiger partial charge in [0.05, 0.1) is 17.9 Å². The molecule has 0 unspecified atom stereocenters. The summed E-state index contributed by atoms with van der Waals surface area (Å²) >= 11 is 0. The molecule has 0 saturated heterocycles. The summed E-state index contributed by atoms with van der Waals surface area (Å²) in [7, 11) is 0. The Labute approximate surface area is 234 Å². The molecule has 0 fully saturated rings. The van der Waals surface area contributed by atoms with Crippen molar-refractivity contribution < 1.29 is 9.59 Å². The van der Waals surface area contributed by atoms with Crippen molar-refractivity contribution in [1.29, 1.82) is 0 Å². The summed E-state index contributed by atoms with van der Waals surface area (Å²) in [6.45, 7) is 4.28. The van der Waals surface area contributed by atoms with E-state index in [2.05, 4.69) is 10.6 Å². The first-order chi connectivity index (χ1) is 19.5. The van der Waals surface area contributed by atoms with Crippen LogP contribution in [0, 0.1) is 13.8 Å². The molecular formula is C35H29N3O2. The maximum absolute atomic E-state index is 14.1. The molecule has 1 aliphatic rings. The summed E-state index contributed by atoms with van der Waals surface area (Å²) in [4.78, 5) is 29.3. The fourth-order valence-electron chi connectivity index (χ4n) is 5.24. The molecule has 0 radical (unpaired) electrons. The number of hydrogen-bond donors (Lipinski definition) is 2. The van der Waals surface area contributed by atoms with Gasteiger partial charge in [0.2, 0.25) is 0 Å². The second kappa shape index (κ2) is 10.5. The van der Waals surface area contributed by atoms with E-state index in [1.54, 1.807) is 0 Å². The summed E-state index contributed by atoms with van der Waals surface area (Å²) in [5.74, 6) is -0.274. The van der Waals surface area contributed by atoms with E-state index in [4.69, 9.17) is 0 Å². The lowest BCUT2D eigenvalue weighted by atomic mass is 9.98. The summed E-state index contributed by atoms with van der Waals surface area (Å²) in [6, 6.07) is 37.1. The van der Waals surface area contributed by atoms with Crippen molar-refractivity contribution in [1.82, 2.24) is 0 Å². The minimum absolute atomic E-state index is 0.0844. The van der Waals surface area contributed by atoms with E-state index in [-0.39, 0.29) is 11.8 Å². The third-order valence-electron chi connectivity index (χ3n) is 7.36. The Morgan fingerprint density at radius 1 is 0.700 bits per heavy atom. The number of nitrogens with zero attached hydrogens (tertiary/aromatic N) is 1. The molecule has 5 aromatic rings. The van der Waals surface area contributed by atoms with Gasteiger partial charge in [-0.3, -0.25) is 9.59 Å². The molecule has 1 aliphatic heterocycles. The van der Waals surface area contributed by atoms with Crippen molar-refractivity contribution >= 4 is 34.6 Å². The van der Waals surface area contributed by atoms with Gasteiger partial charge in [0.1, 0.15) is 0 Å². The standard InChI is InChI=1S/C35H29N3O2/c1-23-21-32(37-34(39)28-16-8-7-15-27(28)25-12-4-3-5-13-25)24(2)20-29(23)35(40)38-22-26-14-6-9-17-30(26)36-31-18-10-11-19-33(31)38/h3-21,36H,22H2,1-2H3,(H,37,39). The monoisotopic (exact) mass is 523 g/mol. The fourth-order valence-corrected chi connectivity index (χ4v) is 5.24. The molecular weight excluding hydrogens is 494 g/mol. The van der Waals surface area contributed by atoms with Gasteiger partial charge >= 0.3 is 0 Å². The Balaban J connectivity index is 1.31. The highest BCUT2D eigenvalue weighted by molar-refractivity contribution is 6.11. The first-order valence-electron chi connectivity index (χ1n) is 13.3. The van der Waals surface area contributed by atoms with Gasteiger partial charge in [-0.2, -0.15) is 0 Å². The van der Waals surface area contributed by atoms with Gasteiger partial charge < -0.3 is 15.5 Å². The van der Waals surface area contributed by atoms with E-state index in [1.165, 1.54) is 0 Å². The lowest BCUT2D eigenvalue weighted by molar-refractivity contribution is 0.0983. The summed E-state index contributed by atoms with van der Waals surface area (Å²) < 4.78 is 0. The minimum Gasteiger partial charge on any atom is -0.354 e. The Morgan fingerprint density at radius 3 is 2.20 bits per heavy atom. The zero-order chi connectivity index (χ0) is 27.6. The first-order valence-corrected chi connectivity index (χ1v) is 13.3. The van der Waals surface area contributed by atoms with Crippen molar-refractivity contribution in [2.24, 2.45) is 0 Å². The minimum atomic E-state index is -0.190. The van der Waals surface area contributed by atoms with Gasteiger partial charge in [-0.15, -0.1) is 0 Å². The van der Waals surface area contributed by atoms with Crippen LogP contribution in [0.15, 0.2) is 115 Å². The zero-order valence-corrected chi connectivity index (χ0v) is 22.4. The fraction of sp³-hybridized carbons (Fsp3) is 0.0857. The zero-order valence-electron chi connectivity index (χ0n) is 22.4. The summed E-state index contributed by atoms with van der Waals surface area (Å²) in [5.41, 5.74) is 9.11. The normalized spacial score (nSPS) is 12.0. The molecule has 0 bridgehead atoms. The predicted molar refractivity (Wildman–Crippen MR) is 162 cm³/mol. The molecule has 0 saturated carbocycles. The topological polar surface area (TPSA) is 61.4 Å². The van der Waals surface area contributed by atoms with Crippen molar-refractivity contribution in [3.05, 3.63) is 143 Å². The number of nitrogens with one attached hydrogen (secondary N) is 2. The van der Waals surface area contributed by atoms with E-state index < -0.39 is 0 Å². The van der Waals surface area contributed by atoms with Crippen LogP contribution in [-0.4, -0.2) is 11.8 Å². The third-order valence-corrected chi connectivity index (χ3v) is 7.36. The van der Waals surface area contributed by atoms with Crippen LogP contribution in [0.25, 0.3) is 11.1 Å². The van der Waals surface area contributed by atoms with Gasteiger partial charge in [0, 0.05) is 22.5 Å². The van der Waals surface area contributed by atoms with E-state index >= 15 is 0 Å². The van der Waals surface area contributed by atoms with Crippen molar-refractivity contribution in [2.75, 3.05) is 15.5 Å². The number of anilines is 4. The quantitative estimate of drug-likeness (QED) is 0.250. The van der Waals surface area contributed by atoms with E-state index in [0.29, 0.717) is 23.4 Å². The Bertz CT molecular complexity index is 1740. The van der Waals surface area contributed by atoms with Crippen LogP contribution in [0.4, 0.5) is 22.7 Å². The van der Waals surface area contributed by atoms with Crippen LogP contribution in [0.2, 0.25) is 0 Å². The average Bonchev–Trinajstić information content (AvgIpc) is 3.16. The Kier molecular flexibility index (Phi) is 6.62. The van der Waals surface area contributed by atoms with Crippen molar-refractivity contribution in [3.63, 3.8) is 0 Å². The first kappa shape index (κ1) is 25.1. The lowest BCUT2D eigenvalue weighted by Gasteiger charge is -2.24. The van der Waals surface area contributed by atoms with Crippen LogP contribution in [-0.2, 0) is 6.54 Å². The highest BCUT2D eigenvalue weighted by Crippen LogP contribution is 2.37. The maximum Gasteiger partial charge on any atom is 0.258 e. The number of fused-ring (bicyclic) bond motifs is 2. The molecule has 1 heterocycles. The van der Waals surface area contributed by atoms with Crippen LogP contribution in [0.1, 0.15) is 37.4 Å². The number of rotatable bonds is 4. The summed E-state index contributed by atoms with van der Waals surface area (Å²) in [6.07, 6.45) is 0. The smallest absolute Gasteiger partial charge is 0.258 e. The molecule has 5 heteroatoms.